The number of pyridine rings is 8. The Kier molecular flexibility index (Phi) is 16.8. The molecule has 0 saturated carbocycles. The highest BCUT2D eigenvalue weighted by Crippen LogP contribution is 2.41. The van der Waals surface area contributed by atoms with E-state index in [2.05, 4.69) is 39.9 Å². The smallest absolute Gasteiger partial charge is 0.177 e. The summed E-state index contributed by atoms with van der Waals surface area (Å²) in [6.45, 7) is 6.52. The van der Waals surface area contributed by atoms with Crippen molar-refractivity contribution < 1.29 is 26.7 Å². The van der Waals surface area contributed by atoms with E-state index in [1.54, 1.807) is 67.0 Å². The summed E-state index contributed by atoms with van der Waals surface area (Å²) >= 11 is 3.06. The van der Waals surface area contributed by atoms with E-state index >= 15 is 17.6 Å². The molecule has 0 aliphatic carbocycles. The van der Waals surface area contributed by atoms with Crippen molar-refractivity contribution in [3.63, 3.8) is 0 Å². The normalized spacial score (nSPS) is 11.9. The molecule has 0 radical (unpaired) electrons. The number of benzene rings is 5. The fourth-order valence-corrected chi connectivity index (χ4v) is 15.8. The molecule has 0 unspecified atom stereocenters. The van der Waals surface area contributed by atoms with E-state index in [-0.39, 0.29) is 23.1 Å². The Hall–Kier alpha value is -13.3. The number of aryl methyl sites for hydroxylation is 3. The Labute approximate surface area is 616 Å². The lowest BCUT2D eigenvalue weighted by atomic mass is 10.0. The van der Waals surface area contributed by atoms with Gasteiger partial charge < -0.3 is 27.4 Å². The predicted octanol–water partition coefficient (Wildman–Crippen LogP) is 22.1. The molecule has 0 N–H and O–H groups in total. The van der Waals surface area contributed by atoms with Crippen LogP contribution >= 0.6 is 22.7 Å². The van der Waals surface area contributed by atoms with E-state index < -0.39 is 5.82 Å². The largest absolute Gasteiger partial charge is 0.493 e. The minimum atomic E-state index is -0.410. The number of halogens is 4. The summed E-state index contributed by atoms with van der Waals surface area (Å²) in [5.41, 5.74) is 13.0. The van der Waals surface area contributed by atoms with Gasteiger partial charge in [-0.05, 0) is 159 Å². The van der Waals surface area contributed by atoms with Crippen LogP contribution in [0.3, 0.4) is 0 Å². The average Bonchev–Trinajstić information content (AvgIpc) is 1.72. The highest BCUT2D eigenvalue weighted by atomic mass is 32.1. The van der Waals surface area contributed by atoms with Gasteiger partial charge in [0.2, 0.25) is 0 Å². The fraction of sp³-hybridized carbons (Fsp3) is 0.0575. The Balaban J connectivity index is 0.000000101. The van der Waals surface area contributed by atoms with E-state index in [4.69, 9.17) is 9.15 Å². The Bertz CT molecular complexity index is 6370. The minimum Gasteiger partial charge on any atom is -0.493 e. The number of ether oxygens (including phenoxy) is 1. The molecule has 15 aromatic heterocycles. The summed E-state index contributed by atoms with van der Waals surface area (Å²) in [5, 5.41) is 8.96. The van der Waals surface area contributed by atoms with Crippen LogP contribution in [0.1, 0.15) is 21.8 Å². The van der Waals surface area contributed by atoms with Gasteiger partial charge in [-0.3, -0.25) is 19.9 Å². The van der Waals surface area contributed by atoms with E-state index in [1.807, 2.05) is 257 Å². The van der Waals surface area contributed by atoms with Crippen LogP contribution in [0.5, 0.6) is 5.75 Å². The average molecular weight is 1440 g/mol. The second-order valence-electron chi connectivity index (χ2n) is 25.8. The zero-order chi connectivity index (χ0) is 72.4. The molecular formula is C87H58F4N12O2S2. The highest BCUT2D eigenvalue weighted by molar-refractivity contribution is 7.15. The van der Waals surface area contributed by atoms with Gasteiger partial charge in [-0.1, -0.05) is 72.8 Å². The second-order valence-corrected chi connectivity index (χ2v) is 28.0. The van der Waals surface area contributed by atoms with E-state index in [0.29, 0.717) is 63.5 Å². The maximum Gasteiger partial charge on any atom is 0.177 e. The number of hydrogen-bond donors (Lipinski definition) is 0. The molecule has 20 aromatic rings. The molecule has 16 heterocycles. The van der Waals surface area contributed by atoms with Gasteiger partial charge in [0.1, 0.15) is 34.3 Å². The first-order valence-corrected chi connectivity index (χ1v) is 36.1. The Morgan fingerprint density at radius 3 is 1.21 bits per heavy atom. The van der Waals surface area contributed by atoms with Crippen LogP contribution in [0.25, 0.3) is 154 Å². The van der Waals surface area contributed by atoms with E-state index in [0.717, 1.165) is 125 Å². The number of nitrogens with zero attached hydrogens (tertiary/aromatic N) is 12. The fourth-order valence-electron chi connectivity index (χ4n) is 14.0. The summed E-state index contributed by atoms with van der Waals surface area (Å²) in [6, 6.07) is 61.2. The van der Waals surface area contributed by atoms with Crippen LogP contribution in [0.4, 0.5) is 17.6 Å². The van der Waals surface area contributed by atoms with Crippen molar-refractivity contribution in [1.82, 2.24) is 58.1 Å². The maximum atomic E-state index is 16.0. The third-order valence-corrected chi connectivity index (χ3v) is 21.1. The van der Waals surface area contributed by atoms with Gasteiger partial charge in [0.15, 0.2) is 29.0 Å². The van der Waals surface area contributed by atoms with E-state index in [1.165, 1.54) is 11.3 Å². The summed E-state index contributed by atoms with van der Waals surface area (Å²) in [7, 11) is 0. The number of furan rings is 1. The van der Waals surface area contributed by atoms with Gasteiger partial charge in [0, 0.05) is 134 Å². The summed E-state index contributed by atoms with van der Waals surface area (Å²) < 4.78 is 81.8. The van der Waals surface area contributed by atoms with Crippen molar-refractivity contribution in [2.75, 3.05) is 6.61 Å². The monoisotopic (exact) mass is 1440 g/mol. The van der Waals surface area contributed by atoms with Crippen LogP contribution in [-0.4, -0.2) is 64.7 Å². The number of rotatable bonds is 8. The van der Waals surface area contributed by atoms with Crippen molar-refractivity contribution >= 4 is 110 Å². The molecule has 0 amide bonds. The lowest BCUT2D eigenvalue weighted by Gasteiger charge is -2.14. The number of para-hydroxylation sites is 4. The molecule has 518 valence electrons. The SMILES string of the molecule is Cc1ccc(-c2nc3ccccc3c(-n3ccc4cnccc43)c2F)o1.Cc1ccc(-c2nc3ccccc3c(-n3ccc4cnccc43)c2F)s1.Cc1csc(-c2nc3ccccc3c(-n3ccc4cnccc43)c2F)c1.Fc1c(-c2ccc3c(c2)CCO3)nc2ccccc2c1-n1ccc2cnccc21. The topological polar surface area (TPSA) is 145 Å². The quantitative estimate of drug-likeness (QED) is 0.135. The van der Waals surface area contributed by atoms with Gasteiger partial charge >= 0.3 is 0 Å². The van der Waals surface area contributed by atoms with Crippen molar-refractivity contribution in [2.45, 2.75) is 27.2 Å². The van der Waals surface area contributed by atoms with Crippen LogP contribution in [0, 0.1) is 44.0 Å². The number of hydrogen-bond acceptors (Lipinski definition) is 12. The molecular weight excluding hydrogens is 1390 g/mol. The molecule has 20 heteroatoms. The van der Waals surface area contributed by atoms with Crippen molar-refractivity contribution in [2.24, 2.45) is 0 Å². The lowest BCUT2D eigenvalue weighted by Crippen LogP contribution is -2.02. The first-order valence-electron chi connectivity index (χ1n) is 34.4. The van der Waals surface area contributed by atoms with Crippen LogP contribution in [0.15, 0.2) is 278 Å². The minimum absolute atomic E-state index is 0.211. The van der Waals surface area contributed by atoms with Crippen molar-refractivity contribution in [3.05, 3.63) is 319 Å². The Morgan fingerprint density at radius 1 is 0.393 bits per heavy atom. The van der Waals surface area contributed by atoms with Crippen molar-refractivity contribution in [3.8, 4) is 72.4 Å². The predicted molar refractivity (Wildman–Crippen MR) is 418 cm³/mol. The van der Waals surface area contributed by atoms with Gasteiger partial charge in [-0.15, -0.1) is 22.7 Å². The molecule has 0 atom stereocenters. The number of fused-ring (bicyclic) bond motifs is 9. The number of aromatic nitrogens is 12. The summed E-state index contributed by atoms with van der Waals surface area (Å²) in [4.78, 5) is 37.9. The van der Waals surface area contributed by atoms with Gasteiger partial charge in [0.05, 0.1) is 83.2 Å². The first-order chi connectivity index (χ1) is 52.5. The first kappa shape index (κ1) is 65.7. The zero-order valence-corrected chi connectivity index (χ0v) is 59.0. The Morgan fingerprint density at radius 2 is 0.804 bits per heavy atom. The van der Waals surface area contributed by atoms with Crippen LogP contribution in [0.2, 0.25) is 0 Å². The highest BCUT2D eigenvalue weighted by Gasteiger charge is 2.26. The standard InChI is InChI=1S/C24H16FN3O.C21H14FN3O.2C21H14FN3S/c25-22-23(16-5-6-21-15(13-16)9-12-29-21)27-19-4-2-1-3-18(19)24(22)28-11-8-17-14-26-10-7-20(17)28;1-13-6-7-18(26-13)20-19(22)21(15-4-2-3-5-16(15)24-20)25-11-9-14-12-23-10-8-17(14)25;1-13-10-18(26-12-13)20-19(22)21(15-4-2-3-5-16(15)24-20)25-9-7-14-11-23-8-6-17(14)25;1-13-6-7-18(26-13)20-19(22)21(15-4-2-3-5-16(15)24-20)25-11-9-14-12-23-10-8-17(14)25/h1-8,10-11,13-14H,9,12H2;3*2-12H,1H3. The number of thiophene rings is 2. The lowest BCUT2D eigenvalue weighted by molar-refractivity contribution is 0.357. The molecule has 0 bridgehead atoms. The molecule has 14 nitrogen and oxygen atoms in total. The molecule has 0 fully saturated rings. The third-order valence-electron chi connectivity index (χ3n) is 19.0. The molecule has 1 aliphatic heterocycles. The van der Waals surface area contributed by atoms with Crippen LogP contribution in [-0.2, 0) is 6.42 Å². The molecule has 0 spiro atoms. The molecule has 5 aromatic carbocycles. The summed E-state index contributed by atoms with van der Waals surface area (Å²) in [6.07, 6.45) is 22.4. The van der Waals surface area contributed by atoms with E-state index in [9.17, 15) is 0 Å². The van der Waals surface area contributed by atoms with Crippen LogP contribution < -0.4 is 4.74 Å². The van der Waals surface area contributed by atoms with Crippen molar-refractivity contribution in [1.29, 1.82) is 0 Å². The summed E-state index contributed by atoms with van der Waals surface area (Å²) in [5.74, 6) is 0.654. The molecule has 21 rings (SSSR count). The molecule has 1 aliphatic rings. The van der Waals surface area contributed by atoms with Gasteiger partial charge in [-0.2, -0.15) is 0 Å². The third kappa shape index (κ3) is 11.9. The molecule has 0 saturated heterocycles. The zero-order valence-electron chi connectivity index (χ0n) is 57.4. The maximum absolute atomic E-state index is 16.0. The molecule has 107 heavy (non-hydrogen) atoms. The van der Waals surface area contributed by atoms with Gasteiger partial charge in [0.25, 0.3) is 0 Å². The van der Waals surface area contributed by atoms with Gasteiger partial charge in [-0.25, -0.2) is 37.5 Å². The second kappa shape index (κ2) is 27.4.